The van der Waals surface area contributed by atoms with Crippen molar-refractivity contribution in [1.82, 2.24) is 4.98 Å². The number of pyridine rings is 1. The molecule has 0 fully saturated rings. The van der Waals surface area contributed by atoms with Crippen LogP contribution < -0.4 is 16.3 Å². The molecule has 2 heterocycles. The zero-order valence-electron chi connectivity index (χ0n) is 11.0. The van der Waals surface area contributed by atoms with E-state index in [4.69, 9.17) is 11.0 Å². The second-order valence-electron chi connectivity index (χ2n) is 4.45. The van der Waals surface area contributed by atoms with Gasteiger partial charge in [0.1, 0.15) is 5.54 Å². The first kappa shape index (κ1) is 14.8. The minimum Gasteiger partial charge on any atom is -0.309 e. The molecule has 0 amide bonds. The Labute approximate surface area is 119 Å². The average molecular weight is 286 g/mol. The van der Waals surface area contributed by atoms with Crippen molar-refractivity contribution >= 4 is 6.08 Å². The van der Waals surface area contributed by atoms with E-state index in [0.717, 1.165) is 16.6 Å². The first-order chi connectivity index (χ1) is 10.0. The second kappa shape index (κ2) is 6.20. The number of nitrogens with zero attached hydrogens (tertiary/aromatic N) is 3. The molecule has 1 aliphatic rings. The largest absolute Gasteiger partial charge is 0.309 e. The minimum absolute atomic E-state index is 0.348. The van der Waals surface area contributed by atoms with E-state index < -0.39 is 17.3 Å². The molecule has 106 valence electrons. The van der Waals surface area contributed by atoms with Gasteiger partial charge in [-0.3, -0.25) is 4.99 Å². The number of benzene rings is 1. The van der Waals surface area contributed by atoms with Gasteiger partial charge in [0, 0.05) is 6.20 Å². The minimum atomic E-state index is -1.05. The molecule has 1 unspecified atom stereocenters. The van der Waals surface area contributed by atoms with E-state index in [1.54, 1.807) is 6.08 Å². The number of nitriles is 1. The number of para-hydroxylation sites is 1. The summed E-state index contributed by atoms with van der Waals surface area (Å²) in [4.78, 5) is 7.28. The number of rotatable bonds is 0. The predicted octanol–water partition coefficient (Wildman–Crippen LogP) is 0.681. The van der Waals surface area contributed by atoms with Crippen molar-refractivity contribution in [3.63, 3.8) is 0 Å². The third-order valence-corrected chi connectivity index (χ3v) is 2.78. The number of hydrogen-bond acceptors (Lipinski definition) is 4. The maximum absolute atomic E-state index is 11.9. The summed E-state index contributed by atoms with van der Waals surface area (Å²) >= 11 is 0. The maximum Gasteiger partial charge on any atom is 0.248 e. The molecule has 3 rings (SSSR count). The van der Waals surface area contributed by atoms with E-state index in [2.05, 4.69) is 9.98 Å². The van der Waals surface area contributed by atoms with E-state index in [1.807, 2.05) is 30.3 Å². The number of fused-ring (bicyclic) bond motifs is 1. The van der Waals surface area contributed by atoms with Crippen molar-refractivity contribution in [1.29, 1.82) is 5.26 Å². The predicted molar refractivity (Wildman–Crippen MR) is 73.2 cm³/mol. The molecular weight excluding hydrogens is 274 g/mol. The van der Waals surface area contributed by atoms with Gasteiger partial charge in [0.25, 0.3) is 0 Å². The topological polar surface area (TPSA) is 75.1 Å². The highest BCUT2D eigenvalue weighted by atomic mass is 19.2. The summed E-state index contributed by atoms with van der Waals surface area (Å²) in [6.07, 6.45) is 2.97. The molecule has 2 N–H and O–H groups in total. The molecular formula is C15H12F2N4. The molecule has 1 atom stereocenters. The molecule has 21 heavy (non-hydrogen) atoms. The standard InChI is InChI=1S/C10H9N3.C5H3F2N/c11-6-10(12)5-8-3-1-2-4-9(8)13-7-10;6-4-2-1-3-8-5(4)7/h1-5H,7,12H2;1-3H. The van der Waals surface area contributed by atoms with Crippen LogP contribution in [0, 0.1) is 23.1 Å². The van der Waals surface area contributed by atoms with E-state index in [-0.39, 0.29) is 0 Å². The van der Waals surface area contributed by atoms with Gasteiger partial charge in [0.05, 0.1) is 18.0 Å². The van der Waals surface area contributed by atoms with Crippen LogP contribution in [0.15, 0.2) is 47.6 Å². The summed E-state index contributed by atoms with van der Waals surface area (Å²) in [6, 6.07) is 12.1. The van der Waals surface area contributed by atoms with Gasteiger partial charge in [0.15, 0.2) is 5.82 Å². The smallest absolute Gasteiger partial charge is 0.248 e. The van der Waals surface area contributed by atoms with Crippen molar-refractivity contribution in [2.75, 3.05) is 6.54 Å². The van der Waals surface area contributed by atoms with Crippen LogP contribution in [0.3, 0.4) is 0 Å². The normalized spacial score (nSPS) is 19.0. The molecule has 1 aliphatic heterocycles. The zero-order valence-corrected chi connectivity index (χ0v) is 11.0. The van der Waals surface area contributed by atoms with Crippen LogP contribution in [0.2, 0.25) is 0 Å². The number of hydrogen-bond donors (Lipinski definition) is 1. The number of halogens is 2. The summed E-state index contributed by atoms with van der Waals surface area (Å²) in [5.41, 5.74) is 4.84. The van der Waals surface area contributed by atoms with Crippen molar-refractivity contribution in [2.24, 2.45) is 10.7 Å². The molecule has 4 nitrogen and oxygen atoms in total. The lowest BCUT2D eigenvalue weighted by Crippen LogP contribution is -2.46. The van der Waals surface area contributed by atoms with Gasteiger partial charge in [-0.15, -0.1) is 0 Å². The Morgan fingerprint density at radius 2 is 1.95 bits per heavy atom. The molecule has 6 heteroatoms. The molecule has 0 spiro atoms. The molecule has 0 radical (unpaired) electrons. The van der Waals surface area contributed by atoms with Crippen LogP contribution in [0.1, 0.15) is 0 Å². The molecule has 1 aromatic heterocycles. The third kappa shape index (κ3) is 3.68. The van der Waals surface area contributed by atoms with Gasteiger partial charge in [-0.2, -0.15) is 9.65 Å². The Hall–Kier alpha value is -2.65. The van der Waals surface area contributed by atoms with Crippen LogP contribution in [0.25, 0.3) is 6.08 Å². The number of nitrogens with two attached hydrogens (primary N) is 1. The lowest BCUT2D eigenvalue weighted by atomic mass is 9.99. The fraction of sp³-hybridized carbons (Fsp3) is 0.133. The molecule has 0 bridgehead atoms. The van der Waals surface area contributed by atoms with Gasteiger partial charge < -0.3 is 5.73 Å². The van der Waals surface area contributed by atoms with E-state index in [1.165, 1.54) is 12.3 Å². The highest BCUT2D eigenvalue weighted by Crippen LogP contribution is 2.02. The summed E-state index contributed by atoms with van der Waals surface area (Å²) in [5, 5.41) is 10.7. The Bertz CT molecular complexity index is 777. The highest BCUT2D eigenvalue weighted by Gasteiger charge is 2.22. The van der Waals surface area contributed by atoms with Crippen molar-refractivity contribution < 1.29 is 8.78 Å². The van der Waals surface area contributed by atoms with Crippen LogP contribution in [-0.4, -0.2) is 17.1 Å². The Balaban J connectivity index is 0.000000173. The summed E-state index contributed by atoms with van der Waals surface area (Å²) in [6.45, 7) is 0.348. The van der Waals surface area contributed by atoms with Gasteiger partial charge in [-0.05, 0) is 29.5 Å². The first-order valence-electron chi connectivity index (χ1n) is 6.13. The van der Waals surface area contributed by atoms with Gasteiger partial charge in [-0.1, -0.05) is 18.2 Å². The molecule has 1 aromatic carbocycles. The maximum atomic E-state index is 11.9. The van der Waals surface area contributed by atoms with Crippen LogP contribution in [-0.2, 0) is 0 Å². The second-order valence-corrected chi connectivity index (χ2v) is 4.45. The quantitative estimate of drug-likeness (QED) is 0.724. The van der Waals surface area contributed by atoms with E-state index >= 15 is 0 Å². The monoisotopic (exact) mass is 286 g/mol. The van der Waals surface area contributed by atoms with Gasteiger partial charge in [-0.25, -0.2) is 9.37 Å². The number of aromatic nitrogens is 1. The van der Waals surface area contributed by atoms with Crippen molar-refractivity contribution in [2.45, 2.75) is 5.54 Å². The fourth-order valence-electron chi connectivity index (χ4n) is 1.73. The van der Waals surface area contributed by atoms with E-state index in [9.17, 15) is 8.78 Å². The lowest BCUT2D eigenvalue weighted by molar-refractivity contribution is 0.479. The van der Waals surface area contributed by atoms with Crippen LogP contribution in [0.4, 0.5) is 8.78 Å². The highest BCUT2D eigenvalue weighted by molar-refractivity contribution is 5.45. The Morgan fingerprint density at radius 3 is 2.57 bits per heavy atom. The Morgan fingerprint density at radius 1 is 1.19 bits per heavy atom. The van der Waals surface area contributed by atoms with Crippen molar-refractivity contribution in [3.8, 4) is 6.07 Å². The summed E-state index contributed by atoms with van der Waals surface area (Å²) < 4.78 is 23.7. The molecule has 2 aromatic rings. The molecule has 0 aliphatic carbocycles. The summed E-state index contributed by atoms with van der Waals surface area (Å²) in [5.74, 6) is -1.96. The molecule has 0 saturated carbocycles. The third-order valence-electron chi connectivity index (χ3n) is 2.78. The summed E-state index contributed by atoms with van der Waals surface area (Å²) in [7, 11) is 0. The van der Waals surface area contributed by atoms with Crippen LogP contribution in [0.5, 0.6) is 0 Å². The molecule has 0 saturated heterocycles. The Kier molecular flexibility index (Phi) is 4.36. The fourth-order valence-corrected chi connectivity index (χ4v) is 1.73. The van der Waals surface area contributed by atoms with Gasteiger partial charge >= 0.3 is 0 Å². The lowest BCUT2D eigenvalue weighted by Gasteiger charge is -2.16. The van der Waals surface area contributed by atoms with Crippen molar-refractivity contribution in [3.05, 3.63) is 64.9 Å². The van der Waals surface area contributed by atoms with Crippen LogP contribution >= 0.6 is 0 Å². The average Bonchev–Trinajstić information content (AvgIpc) is 2.51. The van der Waals surface area contributed by atoms with Gasteiger partial charge in [0.2, 0.25) is 5.95 Å². The zero-order chi connectivity index (χ0) is 15.3. The van der Waals surface area contributed by atoms with E-state index in [0.29, 0.717) is 6.54 Å². The SMILES string of the molecule is Fc1cccnc1F.N#CC1(N)C=c2ccccc2=NC1. The first-order valence-corrected chi connectivity index (χ1v) is 6.13.